The van der Waals surface area contributed by atoms with E-state index in [4.69, 9.17) is 5.73 Å². The lowest BCUT2D eigenvalue weighted by Crippen LogP contribution is -2.02. The maximum absolute atomic E-state index is 13.7. The molecule has 0 bridgehead atoms. The molecule has 94 valence electrons. The molecule has 0 unspecified atom stereocenters. The van der Waals surface area contributed by atoms with Crippen molar-refractivity contribution >= 4 is 0 Å². The average molecular weight is 249 g/mol. The summed E-state index contributed by atoms with van der Waals surface area (Å²) in [4.78, 5) is 0. The first-order valence-corrected chi connectivity index (χ1v) is 5.60. The first kappa shape index (κ1) is 12.5. The minimum atomic E-state index is -0.699. The van der Waals surface area contributed by atoms with Gasteiger partial charge in [-0.15, -0.1) is 0 Å². The third-order valence-corrected chi connectivity index (χ3v) is 2.73. The Kier molecular flexibility index (Phi) is 3.58. The predicted octanol–water partition coefficient (Wildman–Crippen LogP) is 2.84. The van der Waals surface area contributed by atoms with Gasteiger partial charge in [0.15, 0.2) is 0 Å². The molecule has 0 spiro atoms. The van der Waals surface area contributed by atoms with Gasteiger partial charge in [0, 0.05) is 5.56 Å². The van der Waals surface area contributed by atoms with Crippen LogP contribution in [0.2, 0.25) is 0 Å². The van der Waals surface area contributed by atoms with E-state index in [1.807, 2.05) is 0 Å². The minimum Gasteiger partial charge on any atom is -0.507 e. The molecule has 3 N–H and O–H groups in total. The van der Waals surface area contributed by atoms with E-state index in [0.717, 1.165) is 17.7 Å². The van der Waals surface area contributed by atoms with E-state index < -0.39 is 11.6 Å². The van der Waals surface area contributed by atoms with Gasteiger partial charge in [0.1, 0.15) is 17.4 Å². The highest BCUT2D eigenvalue weighted by atomic mass is 19.1. The Morgan fingerprint density at radius 2 is 1.72 bits per heavy atom. The van der Waals surface area contributed by atoms with Crippen LogP contribution in [0.15, 0.2) is 36.4 Å². The molecular formula is C14H13F2NO. The molecule has 18 heavy (non-hydrogen) atoms. The SMILES string of the molecule is NCCc1ccc(O)c(-c2c(F)cccc2F)c1. The third kappa shape index (κ3) is 2.33. The van der Waals surface area contributed by atoms with Crippen molar-refractivity contribution in [3.63, 3.8) is 0 Å². The molecule has 2 aromatic carbocycles. The molecular weight excluding hydrogens is 236 g/mol. The van der Waals surface area contributed by atoms with Gasteiger partial charge < -0.3 is 10.8 Å². The summed E-state index contributed by atoms with van der Waals surface area (Å²) in [7, 11) is 0. The van der Waals surface area contributed by atoms with Gasteiger partial charge in [-0.05, 0) is 42.8 Å². The van der Waals surface area contributed by atoms with Crippen LogP contribution in [0.3, 0.4) is 0 Å². The molecule has 0 aromatic heterocycles. The van der Waals surface area contributed by atoms with Crippen molar-refractivity contribution in [2.45, 2.75) is 6.42 Å². The van der Waals surface area contributed by atoms with Crippen LogP contribution in [-0.4, -0.2) is 11.7 Å². The van der Waals surface area contributed by atoms with E-state index in [1.54, 1.807) is 12.1 Å². The monoisotopic (exact) mass is 249 g/mol. The van der Waals surface area contributed by atoms with E-state index in [9.17, 15) is 13.9 Å². The lowest BCUT2D eigenvalue weighted by molar-refractivity contribution is 0.475. The van der Waals surface area contributed by atoms with E-state index in [2.05, 4.69) is 0 Å². The number of hydrogen-bond donors (Lipinski definition) is 2. The van der Waals surface area contributed by atoms with Crippen LogP contribution < -0.4 is 5.73 Å². The zero-order valence-electron chi connectivity index (χ0n) is 9.66. The van der Waals surface area contributed by atoms with Gasteiger partial charge in [-0.25, -0.2) is 8.78 Å². The van der Waals surface area contributed by atoms with Gasteiger partial charge in [0.05, 0.1) is 5.56 Å². The van der Waals surface area contributed by atoms with Crippen molar-refractivity contribution in [3.05, 3.63) is 53.6 Å². The van der Waals surface area contributed by atoms with Gasteiger partial charge in [0.2, 0.25) is 0 Å². The number of benzene rings is 2. The molecule has 4 heteroatoms. The van der Waals surface area contributed by atoms with Crippen LogP contribution in [-0.2, 0) is 6.42 Å². The molecule has 0 aliphatic heterocycles. The highest BCUT2D eigenvalue weighted by Gasteiger charge is 2.14. The third-order valence-electron chi connectivity index (χ3n) is 2.73. The molecule has 2 aromatic rings. The summed E-state index contributed by atoms with van der Waals surface area (Å²) in [6, 6.07) is 8.27. The molecule has 0 fully saturated rings. The van der Waals surface area contributed by atoms with Crippen molar-refractivity contribution in [1.82, 2.24) is 0 Å². The summed E-state index contributed by atoms with van der Waals surface area (Å²) in [5.74, 6) is -1.55. The zero-order chi connectivity index (χ0) is 13.1. The van der Waals surface area contributed by atoms with E-state index >= 15 is 0 Å². The van der Waals surface area contributed by atoms with E-state index in [1.165, 1.54) is 12.1 Å². The predicted molar refractivity (Wildman–Crippen MR) is 66.2 cm³/mol. The molecule has 2 nitrogen and oxygen atoms in total. The Hall–Kier alpha value is -1.94. The normalized spacial score (nSPS) is 10.6. The number of hydrogen-bond acceptors (Lipinski definition) is 2. The number of phenolic OH excluding ortho intramolecular Hbond substituents is 1. The summed E-state index contributed by atoms with van der Waals surface area (Å²) < 4.78 is 27.3. The topological polar surface area (TPSA) is 46.2 Å². The van der Waals surface area contributed by atoms with Gasteiger partial charge >= 0.3 is 0 Å². The molecule has 0 aliphatic carbocycles. The summed E-state index contributed by atoms with van der Waals surface area (Å²) in [5.41, 5.74) is 6.20. The molecule has 0 aliphatic rings. The Labute approximate surface area is 104 Å². The minimum absolute atomic E-state index is 0.150. The number of rotatable bonds is 3. The van der Waals surface area contributed by atoms with Gasteiger partial charge in [-0.3, -0.25) is 0 Å². The Balaban J connectivity index is 2.59. The van der Waals surface area contributed by atoms with Crippen molar-refractivity contribution in [2.75, 3.05) is 6.54 Å². The van der Waals surface area contributed by atoms with Gasteiger partial charge in [-0.2, -0.15) is 0 Å². The molecule has 0 saturated heterocycles. The second-order valence-electron chi connectivity index (χ2n) is 3.99. The van der Waals surface area contributed by atoms with Crippen LogP contribution >= 0.6 is 0 Å². The lowest BCUT2D eigenvalue weighted by Gasteiger charge is -2.09. The lowest BCUT2D eigenvalue weighted by atomic mass is 9.99. The van der Waals surface area contributed by atoms with E-state index in [-0.39, 0.29) is 16.9 Å². The first-order chi connectivity index (χ1) is 8.63. The number of phenols is 1. The van der Waals surface area contributed by atoms with Gasteiger partial charge in [0.25, 0.3) is 0 Å². The maximum atomic E-state index is 13.7. The van der Waals surface area contributed by atoms with Crippen LogP contribution in [0.1, 0.15) is 5.56 Å². The summed E-state index contributed by atoms with van der Waals surface area (Å²) in [6.45, 7) is 0.434. The number of halogens is 2. The Morgan fingerprint density at radius 3 is 2.33 bits per heavy atom. The number of aromatic hydroxyl groups is 1. The fourth-order valence-corrected chi connectivity index (χ4v) is 1.86. The highest BCUT2D eigenvalue weighted by Crippen LogP contribution is 2.33. The second-order valence-corrected chi connectivity index (χ2v) is 3.99. The first-order valence-electron chi connectivity index (χ1n) is 5.60. The Morgan fingerprint density at radius 1 is 1.06 bits per heavy atom. The molecule has 0 atom stereocenters. The summed E-state index contributed by atoms with van der Waals surface area (Å²) in [5, 5.41) is 9.74. The van der Waals surface area contributed by atoms with E-state index in [0.29, 0.717) is 13.0 Å². The van der Waals surface area contributed by atoms with Crippen molar-refractivity contribution in [2.24, 2.45) is 5.73 Å². The molecule has 0 heterocycles. The largest absolute Gasteiger partial charge is 0.507 e. The summed E-state index contributed by atoms with van der Waals surface area (Å²) >= 11 is 0. The van der Waals surface area contributed by atoms with Crippen molar-refractivity contribution < 1.29 is 13.9 Å². The van der Waals surface area contributed by atoms with Crippen LogP contribution in [0.5, 0.6) is 5.75 Å². The molecule has 2 rings (SSSR count). The number of nitrogens with two attached hydrogens (primary N) is 1. The fraction of sp³-hybridized carbons (Fsp3) is 0.143. The molecule has 0 saturated carbocycles. The summed E-state index contributed by atoms with van der Waals surface area (Å²) in [6.07, 6.45) is 0.587. The standard InChI is InChI=1S/C14H13F2NO/c15-11-2-1-3-12(16)14(11)10-8-9(6-7-17)4-5-13(10)18/h1-5,8,18H,6-7,17H2. The smallest absolute Gasteiger partial charge is 0.134 e. The maximum Gasteiger partial charge on any atom is 0.134 e. The quantitative estimate of drug-likeness (QED) is 0.878. The van der Waals surface area contributed by atoms with Crippen LogP contribution in [0.4, 0.5) is 8.78 Å². The van der Waals surface area contributed by atoms with Crippen LogP contribution in [0, 0.1) is 11.6 Å². The second kappa shape index (κ2) is 5.14. The van der Waals surface area contributed by atoms with Crippen LogP contribution in [0.25, 0.3) is 11.1 Å². The van der Waals surface area contributed by atoms with Crippen molar-refractivity contribution in [1.29, 1.82) is 0 Å². The average Bonchev–Trinajstić information content (AvgIpc) is 2.33. The van der Waals surface area contributed by atoms with Crippen molar-refractivity contribution in [3.8, 4) is 16.9 Å². The van der Waals surface area contributed by atoms with Gasteiger partial charge in [-0.1, -0.05) is 12.1 Å². The highest BCUT2D eigenvalue weighted by molar-refractivity contribution is 5.71. The molecule has 0 radical (unpaired) electrons. The Bertz CT molecular complexity index is 549. The zero-order valence-corrected chi connectivity index (χ0v) is 9.66. The fourth-order valence-electron chi connectivity index (χ4n) is 1.86. The molecule has 0 amide bonds.